The Morgan fingerprint density at radius 3 is 2.90 bits per heavy atom. The van der Waals surface area contributed by atoms with E-state index in [1.807, 2.05) is 40.6 Å². The van der Waals surface area contributed by atoms with Crippen molar-refractivity contribution >= 4 is 17.5 Å². The molecule has 3 aromatic heterocycles. The van der Waals surface area contributed by atoms with Crippen LogP contribution in [-0.2, 0) is 11.2 Å². The van der Waals surface area contributed by atoms with Crippen molar-refractivity contribution in [1.29, 1.82) is 0 Å². The van der Waals surface area contributed by atoms with Crippen molar-refractivity contribution in [1.82, 2.24) is 24.5 Å². The Morgan fingerprint density at radius 2 is 2.14 bits per heavy atom. The molecule has 152 valence electrons. The molecule has 4 rings (SSSR count). The van der Waals surface area contributed by atoms with Crippen LogP contribution in [0.1, 0.15) is 63.6 Å². The summed E-state index contributed by atoms with van der Waals surface area (Å²) in [4.78, 5) is 30.5. The molecule has 1 fully saturated rings. The maximum Gasteiger partial charge on any atom is 0.339 e. The topological polar surface area (TPSA) is 92.6 Å². The number of H-pyrrole nitrogens is 1. The van der Waals surface area contributed by atoms with Gasteiger partial charge < -0.3 is 14.6 Å². The van der Waals surface area contributed by atoms with Gasteiger partial charge >= 0.3 is 5.97 Å². The second kappa shape index (κ2) is 7.69. The second-order valence-corrected chi connectivity index (χ2v) is 7.40. The third kappa shape index (κ3) is 3.28. The molecule has 3 aromatic rings. The number of hydrogen-bond donors (Lipinski definition) is 1. The summed E-state index contributed by atoms with van der Waals surface area (Å²) in [5.74, 6) is 0.490. The van der Waals surface area contributed by atoms with Gasteiger partial charge in [-0.2, -0.15) is 0 Å². The van der Waals surface area contributed by atoms with Crippen molar-refractivity contribution in [3.8, 4) is 0 Å². The number of nitrogens with zero attached hydrogens (tertiary/aromatic N) is 4. The molecule has 8 nitrogen and oxygen atoms in total. The summed E-state index contributed by atoms with van der Waals surface area (Å²) in [6.45, 7) is 4.99. The van der Waals surface area contributed by atoms with E-state index in [-0.39, 0.29) is 11.8 Å². The number of rotatable bonds is 4. The number of pyridine rings is 1. The molecule has 0 saturated carbocycles. The minimum Gasteiger partial charge on any atom is -0.465 e. The van der Waals surface area contributed by atoms with Crippen LogP contribution in [0.25, 0.3) is 5.65 Å². The fraction of sp³-hybridized carbons (Fsp3) is 0.429. The van der Waals surface area contributed by atoms with E-state index < -0.39 is 5.97 Å². The first-order valence-corrected chi connectivity index (χ1v) is 9.93. The predicted octanol–water partition coefficient (Wildman–Crippen LogP) is 2.73. The van der Waals surface area contributed by atoms with Gasteiger partial charge in [-0.1, -0.05) is 13.0 Å². The van der Waals surface area contributed by atoms with Crippen molar-refractivity contribution in [2.75, 3.05) is 20.2 Å². The van der Waals surface area contributed by atoms with Crippen molar-refractivity contribution in [3.05, 3.63) is 52.7 Å². The van der Waals surface area contributed by atoms with Crippen LogP contribution in [0, 0.1) is 6.92 Å². The van der Waals surface area contributed by atoms with Gasteiger partial charge in [0.05, 0.1) is 12.7 Å². The van der Waals surface area contributed by atoms with Gasteiger partial charge in [-0.05, 0) is 43.9 Å². The summed E-state index contributed by atoms with van der Waals surface area (Å²) in [6.07, 6.45) is 4.42. The van der Waals surface area contributed by atoms with Crippen molar-refractivity contribution in [3.63, 3.8) is 0 Å². The van der Waals surface area contributed by atoms with Crippen molar-refractivity contribution in [2.24, 2.45) is 0 Å². The highest BCUT2D eigenvalue weighted by molar-refractivity contribution is 6.00. The number of ether oxygens (including phenoxy) is 1. The van der Waals surface area contributed by atoms with Crippen molar-refractivity contribution in [2.45, 2.75) is 39.0 Å². The third-order valence-electron chi connectivity index (χ3n) is 5.70. The molecule has 1 aliphatic rings. The predicted molar refractivity (Wildman–Crippen MR) is 107 cm³/mol. The Hall–Kier alpha value is -3.16. The maximum absolute atomic E-state index is 13.3. The average molecular weight is 395 g/mol. The largest absolute Gasteiger partial charge is 0.465 e. The van der Waals surface area contributed by atoms with E-state index in [1.54, 1.807) is 6.92 Å². The molecule has 1 saturated heterocycles. The van der Waals surface area contributed by atoms with E-state index >= 15 is 0 Å². The molecular formula is C21H25N5O3. The van der Waals surface area contributed by atoms with Crippen molar-refractivity contribution < 1.29 is 14.3 Å². The number of aromatic nitrogens is 4. The first kappa shape index (κ1) is 19.2. The number of likely N-dealkylation sites (tertiary alicyclic amines) is 1. The Morgan fingerprint density at radius 1 is 1.31 bits per heavy atom. The SMILES string of the molecule is CCc1[nH]c(C(=O)N2CCCC(c3nnc4ccccn34)C2)c(C)c1C(=O)OC. The molecule has 0 aliphatic carbocycles. The molecule has 1 N–H and O–H groups in total. The summed E-state index contributed by atoms with van der Waals surface area (Å²) in [7, 11) is 1.35. The van der Waals surface area contributed by atoms with Gasteiger partial charge in [-0.25, -0.2) is 4.79 Å². The Kier molecular flexibility index (Phi) is 5.08. The molecule has 0 aromatic carbocycles. The second-order valence-electron chi connectivity index (χ2n) is 7.40. The van der Waals surface area contributed by atoms with Crippen LogP contribution >= 0.6 is 0 Å². The standard InChI is InChI=1S/C21H25N5O3/c1-4-15-17(21(28)29-3)13(2)18(22-15)20(27)25-10-7-8-14(12-25)19-24-23-16-9-5-6-11-26(16)19/h5-6,9,11,14,22H,4,7-8,10,12H2,1-3H3. The minimum absolute atomic E-state index is 0.0918. The molecule has 0 radical (unpaired) electrons. The lowest BCUT2D eigenvalue weighted by molar-refractivity contribution is 0.0599. The molecule has 1 unspecified atom stereocenters. The summed E-state index contributed by atoms with van der Waals surface area (Å²) in [5, 5.41) is 8.62. The van der Waals surface area contributed by atoms with E-state index in [4.69, 9.17) is 4.74 Å². The fourth-order valence-electron chi connectivity index (χ4n) is 4.18. The molecule has 0 spiro atoms. The zero-order valence-corrected chi connectivity index (χ0v) is 16.9. The van der Waals surface area contributed by atoms with E-state index in [0.717, 1.165) is 30.0 Å². The number of fused-ring (bicyclic) bond motifs is 1. The monoisotopic (exact) mass is 395 g/mol. The summed E-state index contributed by atoms with van der Waals surface area (Å²) < 4.78 is 6.89. The number of nitrogens with one attached hydrogen (secondary N) is 1. The van der Waals surface area contributed by atoms with Crippen LogP contribution in [0.3, 0.4) is 0 Å². The highest BCUT2D eigenvalue weighted by atomic mass is 16.5. The van der Waals surface area contributed by atoms with Crippen LogP contribution in [0.2, 0.25) is 0 Å². The van der Waals surface area contributed by atoms with Gasteiger partial charge in [-0.15, -0.1) is 10.2 Å². The van der Waals surface area contributed by atoms with Crippen LogP contribution in [0.4, 0.5) is 0 Å². The Bertz CT molecular complexity index is 1070. The number of esters is 1. The number of hydrogen-bond acceptors (Lipinski definition) is 5. The number of aromatic amines is 1. The van der Waals surface area contributed by atoms with Gasteiger partial charge in [-0.3, -0.25) is 9.20 Å². The summed E-state index contributed by atoms with van der Waals surface area (Å²) in [5.41, 5.74) is 3.12. The van der Waals surface area contributed by atoms with E-state index in [9.17, 15) is 9.59 Å². The van der Waals surface area contributed by atoms with Crippen LogP contribution in [0.5, 0.6) is 0 Å². The molecule has 0 bridgehead atoms. The average Bonchev–Trinajstić information content (AvgIpc) is 3.33. The zero-order valence-electron chi connectivity index (χ0n) is 16.9. The van der Waals surface area contributed by atoms with Gasteiger partial charge in [0, 0.05) is 30.9 Å². The molecular weight excluding hydrogens is 370 g/mol. The van der Waals surface area contributed by atoms with E-state index in [0.29, 0.717) is 36.3 Å². The third-order valence-corrected chi connectivity index (χ3v) is 5.70. The van der Waals surface area contributed by atoms with E-state index in [2.05, 4.69) is 15.2 Å². The number of carbonyl (C=O) groups excluding carboxylic acids is 2. The lowest BCUT2D eigenvalue weighted by atomic mass is 9.96. The number of aryl methyl sites for hydroxylation is 1. The Balaban J connectivity index is 1.61. The molecule has 4 heterocycles. The number of carbonyl (C=O) groups is 2. The first-order chi connectivity index (χ1) is 14.0. The van der Waals surface area contributed by atoms with Crippen LogP contribution < -0.4 is 0 Å². The normalized spacial score (nSPS) is 16.9. The lowest BCUT2D eigenvalue weighted by Gasteiger charge is -2.32. The number of amides is 1. The molecule has 1 amide bonds. The van der Waals surface area contributed by atoms with E-state index in [1.165, 1.54) is 7.11 Å². The molecule has 8 heteroatoms. The molecule has 1 atom stereocenters. The van der Waals surface area contributed by atoms with Crippen LogP contribution in [0.15, 0.2) is 24.4 Å². The number of piperidine rings is 1. The number of methoxy groups -OCH3 is 1. The zero-order chi connectivity index (χ0) is 20.5. The smallest absolute Gasteiger partial charge is 0.339 e. The highest BCUT2D eigenvalue weighted by Crippen LogP contribution is 2.28. The van der Waals surface area contributed by atoms with Crippen LogP contribution in [-0.4, -0.2) is 56.6 Å². The van der Waals surface area contributed by atoms with Gasteiger partial charge in [0.25, 0.3) is 5.91 Å². The van der Waals surface area contributed by atoms with Gasteiger partial charge in [0.2, 0.25) is 0 Å². The summed E-state index contributed by atoms with van der Waals surface area (Å²) in [6, 6.07) is 5.81. The Labute approximate surface area is 168 Å². The molecule has 29 heavy (non-hydrogen) atoms. The van der Waals surface area contributed by atoms with Gasteiger partial charge in [0.15, 0.2) is 5.65 Å². The minimum atomic E-state index is -0.416. The molecule has 1 aliphatic heterocycles. The maximum atomic E-state index is 13.3. The van der Waals surface area contributed by atoms with Gasteiger partial charge in [0.1, 0.15) is 11.5 Å². The quantitative estimate of drug-likeness (QED) is 0.686. The lowest BCUT2D eigenvalue weighted by Crippen LogP contribution is -2.40. The summed E-state index contributed by atoms with van der Waals surface area (Å²) >= 11 is 0. The fourth-order valence-corrected chi connectivity index (χ4v) is 4.18. The highest BCUT2D eigenvalue weighted by Gasteiger charge is 2.31. The first-order valence-electron chi connectivity index (χ1n) is 9.93.